The number of unbranched alkanes of at least 4 members (excludes halogenated alkanes) is 18. The zero-order chi connectivity index (χ0) is 40.2. The van der Waals surface area contributed by atoms with Gasteiger partial charge in [-0.1, -0.05) is 141 Å². The Morgan fingerprint density at radius 3 is 0.719 bits per heavy atom. The third kappa shape index (κ3) is 19.1. The highest BCUT2D eigenvalue weighted by molar-refractivity contribution is 5.43. The van der Waals surface area contributed by atoms with E-state index in [0.717, 1.165) is 86.5 Å². The summed E-state index contributed by atoms with van der Waals surface area (Å²) in [6, 6.07) is 32.7. The van der Waals surface area contributed by atoms with Crippen molar-refractivity contribution in [2.45, 2.75) is 148 Å². The van der Waals surface area contributed by atoms with Crippen LogP contribution in [-0.2, 0) is 5.41 Å². The average molecular weight is 779 g/mol. The molecule has 4 aromatic carbocycles. The second-order valence-electron chi connectivity index (χ2n) is 16.3. The van der Waals surface area contributed by atoms with Gasteiger partial charge in [0.15, 0.2) is 0 Å². The van der Waals surface area contributed by atoms with Gasteiger partial charge in [0.2, 0.25) is 0 Å². The van der Waals surface area contributed by atoms with Crippen LogP contribution in [0.3, 0.4) is 0 Å². The molecule has 0 aromatic heterocycles. The van der Waals surface area contributed by atoms with E-state index in [1.165, 1.54) is 114 Å². The summed E-state index contributed by atoms with van der Waals surface area (Å²) >= 11 is 0. The maximum atomic E-state index is 6.09. The second-order valence-corrected chi connectivity index (χ2v) is 16.3. The molecule has 4 N–H and O–H groups in total. The van der Waals surface area contributed by atoms with Crippen LogP contribution in [0, 0.1) is 0 Å². The Labute approximate surface area is 346 Å². The van der Waals surface area contributed by atoms with Crippen molar-refractivity contribution in [2.24, 2.45) is 0 Å². The number of nitrogens with two attached hydrogens (primary N) is 2. The Bertz CT molecular complexity index is 1450. The first kappa shape index (κ1) is 45.4. The minimum absolute atomic E-state index is 0.101. The summed E-state index contributed by atoms with van der Waals surface area (Å²) in [5.41, 5.74) is 15.5. The fourth-order valence-corrected chi connectivity index (χ4v) is 7.23. The number of anilines is 2. The van der Waals surface area contributed by atoms with Gasteiger partial charge in [-0.25, -0.2) is 0 Å². The van der Waals surface area contributed by atoms with Gasteiger partial charge in [0.05, 0.1) is 26.4 Å². The van der Waals surface area contributed by atoms with E-state index in [2.05, 4.69) is 62.4 Å². The largest absolute Gasteiger partial charge is 0.494 e. The highest BCUT2D eigenvalue weighted by atomic mass is 16.5. The van der Waals surface area contributed by atoms with Crippen molar-refractivity contribution >= 4 is 11.4 Å². The van der Waals surface area contributed by atoms with E-state index in [1.807, 2.05) is 48.5 Å². The van der Waals surface area contributed by atoms with Crippen LogP contribution in [0.25, 0.3) is 0 Å². The predicted octanol–water partition coefficient (Wildman–Crippen LogP) is 13.9. The summed E-state index contributed by atoms with van der Waals surface area (Å²) in [4.78, 5) is 0. The lowest BCUT2D eigenvalue weighted by Crippen LogP contribution is -2.18. The minimum Gasteiger partial charge on any atom is -0.494 e. The summed E-state index contributed by atoms with van der Waals surface area (Å²) < 4.78 is 23.8. The van der Waals surface area contributed by atoms with Crippen LogP contribution in [0.5, 0.6) is 23.0 Å². The van der Waals surface area contributed by atoms with Crippen LogP contribution >= 0.6 is 0 Å². The van der Waals surface area contributed by atoms with Crippen molar-refractivity contribution in [1.29, 1.82) is 0 Å². The van der Waals surface area contributed by atoms with E-state index in [0.29, 0.717) is 0 Å². The van der Waals surface area contributed by atoms with E-state index in [1.54, 1.807) is 0 Å². The normalized spacial score (nSPS) is 11.4. The highest BCUT2D eigenvalue weighted by Gasteiger charge is 2.23. The number of hydrogen-bond acceptors (Lipinski definition) is 6. The lowest BCUT2D eigenvalue weighted by molar-refractivity contribution is 0.302. The van der Waals surface area contributed by atoms with Crippen molar-refractivity contribution in [2.75, 3.05) is 37.9 Å². The number of benzene rings is 4. The van der Waals surface area contributed by atoms with Crippen molar-refractivity contribution in [3.05, 3.63) is 108 Å². The smallest absolute Gasteiger partial charge is 0.119 e. The number of ether oxygens (including phenoxy) is 4. The van der Waals surface area contributed by atoms with Gasteiger partial charge in [0, 0.05) is 16.8 Å². The molecule has 0 heterocycles. The van der Waals surface area contributed by atoms with Gasteiger partial charge in [0.1, 0.15) is 23.0 Å². The first-order valence-electron chi connectivity index (χ1n) is 22.3. The first-order chi connectivity index (χ1) is 27.9. The summed E-state index contributed by atoms with van der Waals surface area (Å²) in [5, 5.41) is 0. The molecule has 0 saturated carbocycles. The fourth-order valence-electron chi connectivity index (χ4n) is 7.23. The average Bonchev–Trinajstić information content (AvgIpc) is 3.22. The van der Waals surface area contributed by atoms with Crippen LogP contribution in [0.2, 0.25) is 0 Å². The van der Waals surface area contributed by atoms with Gasteiger partial charge < -0.3 is 30.4 Å². The summed E-state index contributed by atoms with van der Waals surface area (Å²) in [5.74, 6) is 3.74. The summed E-state index contributed by atoms with van der Waals surface area (Å²) in [6.07, 6.45) is 25.2. The molecule has 0 amide bonds. The Morgan fingerprint density at radius 1 is 0.298 bits per heavy atom. The molecule has 57 heavy (non-hydrogen) atoms. The topological polar surface area (TPSA) is 89.0 Å². The lowest BCUT2D eigenvalue weighted by atomic mass is 9.78. The molecule has 0 atom stereocenters. The van der Waals surface area contributed by atoms with Crippen LogP contribution in [0.1, 0.15) is 153 Å². The van der Waals surface area contributed by atoms with Gasteiger partial charge in [-0.15, -0.1) is 0 Å². The van der Waals surface area contributed by atoms with Crippen molar-refractivity contribution in [1.82, 2.24) is 0 Å². The Morgan fingerprint density at radius 2 is 0.491 bits per heavy atom. The molecule has 4 rings (SSSR count). The molecule has 0 aliphatic rings. The number of rotatable bonds is 32. The zero-order valence-electron chi connectivity index (χ0n) is 35.5. The quantitative estimate of drug-likeness (QED) is 0.0379. The molecule has 0 aliphatic carbocycles. The first-order valence-corrected chi connectivity index (χ1v) is 22.3. The molecule has 0 bridgehead atoms. The molecular formula is C51H74N2O4. The molecule has 6 nitrogen and oxygen atoms in total. The molecule has 0 aliphatic heterocycles. The van der Waals surface area contributed by atoms with Crippen molar-refractivity contribution < 1.29 is 18.9 Å². The van der Waals surface area contributed by atoms with Gasteiger partial charge in [0.25, 0.3) is 0 Å². The van der Waals surface area contributed by atoms with E-state index < -0.39 is 0 Å². The highest BCUT2D eigenvalue weighted by Crippen LogP contribution is 2.33. The van der Waals surface area contributed by atoms with Crippen LogP contribution in [0.4, 0.5) is 11.4 Å². The summed E-state index contributed by atoms with van der Waals surface area (Å²) in [6.45, 7) is 7.72. The lowest BCUT2D eigenvalue weighted by Gasteiger charge is -2.26. The van der Waals surface area contributed by atoms with E-state index in [4.69, 9.17) is 30.4 Å². The molecule has 4 aromatic rings. The third-order valence-corrected chi connectivity index (χ3v) is 11.1. The van der Waals surface area contributed by atoms with Crippen LogP contribution in [-0.4, -0.2) is 26.4 Å². The van der Waals surface area contributed by atoms with E-state index in [-0.39, 0.29) is 5.41 Å². The standard InChI is InChI=1S/C51H74N2O4/c1-51(2,43-23-31-47(32-24-43)54-39-19-15-11-7-3-5-9-13-17-21-41-56-49-35-27-45(52)28-36-49)44-25-33-48(34-26-44)55-40-20-16-12-8-4-6-10-14-18-22-42-57-50-37-29-46(53)30-38-50/h23-38H,3-22,39-42,52-53H2,1-2H3. The van der Waals surface area contributed by atoms with Gasteiger partial charge in [-0.05, 0) is 110 Å². The van der Waals surface area contributed by atoms with Crippen molar-refractivity contribution in [3.63, 3.8) is 0 Å². The predicted molar refractivity (Wildman–Crippen MR) is 241 cm³/mol. The Hall–Kier alpha value is -4.32. The van der Waals surface area contributed by atoms with Crippen LogP contribution in [0.15, 0.2) is 97.1 Å². The Balaban J connectivity index is 0.937. The molecule has 312 valence electrons. The molecule has 6 heteroatoms. The fraction of sp³-hybridized carbons (Fsp3) is 0.529. The molecule has 0 unspecified atom stereocenters. The molecule has 0 radical (unpaired) electrons. The van der Waals surface area contributed by atoms with Gasteiger partial charge in [-0.2, -0.15) is 0 Å². The van der Waals surface area contributed by atoms with E-state index in [9.17, 15) is 0 Å². The third-order valence-electron chi connectivity index (χ3n) is 11.1. The maximum absolute atomic E-state index is 6.09. The van der Waals surface area contributed by atoms with Gasteiger partial charge in [-0.3, -0.25) is 0 Å². The second kappa shape index (κ2) is 27.3. The van der Waals surface area contributed by atoms with Crippen LogP contribution < -0.4 is 30.4 Å². The SMILES string of the molecule is CC(C)(c1ccc(OCCCCCCCCCCCCOc2ccc(N)cc2)cc1)c1ccc(OCCCCCCCCCCCCOc2ccc(N)cc2)cc1. The molecular weight excluding hydrogens is 705 g/mol. The number of hydrogen-bond donors (Lipinski definition) is 2. The zero-order valence-corrected chi connectivity index (χ0v) is 35.5. The van der Waals surface area contributed by atoms with E-state index >= 15 is 0 Å². The maximum Gasteiger partial charge on any atom is 0.119 e. The number of nitrogen functional groups attached to an aromatic ring is 2. The minimum atomic E-state index is -0.101. The summed E-state index contributed by atoms with van der Waals surface area (Å²) in [7, 11) is 0. The Kier molecular flexibility index (Phi) is 21.8. The van der Waals surface area contributed by atoms with Gasteiger partial charge >= 0.3 is 0 Å². The molecule has 0 saturated heterocycles. The molecule has 0 fully saturated rings. The monoisotopic (exact) mass is 779 g/mol. The molecule has 0 spiro atoms. The van der Waals surface area contributed by atoms with Crippen molar-refractivity contribution in [3.8, 4) is 23.0 Å².